The molecule has 1 rings (SSSR count). The molecule has 0 bridgehead atoms. The lowest BCUT2D eigenvalue weighted by atomic mass is 10.3. The predicted molar refractivity (Wildman–Crippen MR) is 58.2 cm³/mol. The van der Waals surface area contributed by atoms with E-state index in [0.29, 0.717) is 13.2 Å². The van der Waals surface area contributed by atoms with Crippen molar-refractivity contribution in [2.24, 2.45) is 0 Å². The molecule has 0 aliphatic carbocycles. The SMILES string of the molecule is COCCNCc1cc(=O)[nH]c(CC(F)(F)F)n1. The highest BCUT2D eigenvalue weighted by molar-refractivity contribution is 5.03. The summed E-state index contributed by atoms with van der Waals surface area (Å²) in [5, 5.41) is 2.90. The number of methoxy groups -OCH3 is 1. The van der Waals surface area contributed by atoms with Gasteiger partial charge in [-0.1, -0.05) is 0 Å². The second-order valence-corrected chi connectivity index (χ2v) is 3.64. The molecule has 1 heterocycles. The van der Waals surface area contributed by atoms with Gasteiger partial charge in [0, 0.05) is 26.3 Å². The highest BCUT2D eigenvalue weighted by atomic mass is 19.4. The Morgan fingerprint density at radius 1 is 1.50 bits per heavy atom. The van der Waals surface area contributed by atoms with Gasteiger partial charge < -0.3 is 15.0 Å². The molecule has 0 fully saturated rings. The number of halogens is 3. The van der Waals surface area contributed by atoms with E-state index in [1.54, 1.807) is 0 Å². The molecule has 0 aliphatic heterocycles. The van der Waals surface area contributed by atoms with Crippen LogP contribution in [0, 0.1) is 0 Å². The van der Waals surface area contributed by atoms with Gasteiger partial charge in [0.05, 0.1) is 12.3 Å². The zero-order valence-electron chi connectivity index (χ0n) is 9.80. The summed E-state index contributed by atoms with van der Waals surface area (Å²) in [4.78, 5) is 17.0. The second-order valence-electron chi connectivity index (χ2n) is 3.64. The molecule has 0 amide bonds. The van der Waals surface area contributed by atoms with Crippen molar-refractivity contribution in [2.45, 2.75) is 19.1 Å². The average molecular weight is 265 g/mol. The van der Waals surface area contributed by atoms with E-state index >= 15 is 0 Å². The molecule has 18 heavy (non-hydrogen) atoms. The lowest BCUT2D eigenvalue weighted by Gasteiger charge is -2.07. The van der Waals surface area contributed by atoms with Gasteiger partial charge in [-0.05, 0) is 0 Å². The normalized spacial score (nSPS) is 11.8. The van der Waals surface area contributed by atoms with Gasteiger partial charge in [0.1, 0.15) is 12.2 Å². The van der Waals surface area contributed by atoms with Crippen molar-refractivity contribution in [3.05, 3.63) is 27.9 Å². The standard InChI is InChI=1S/C10H14F3N3O2/c1-18-3-2-14-6-7-4-9(17)16-8(15-7)5-10(11,12)13/h4,14H,2-3,5-6H2,1H3,(H,15,16,17). The molecule has 2 N–H and O–H groups in total. The third-order valence-corrected chi connectivity index (χ3v) is 2.00. The fourth-order valence-corrected chi connectivity index (χ4v) is 1.32. The minimum atomic E-state index is -4.39. The molecule has 0 unspecified atom stereocenters. The largest absolute Gasteiger partial charge is 0.396 e. The van der Waals surface area contributed by atoms with Crippen molar-refractivity contribution >= 4 is 0 Å². The Kier molecular flexibility index (Phi) is 5.29. The number of nitrogens with zero attached hydrogens (tertiary/aromatic N) is 1. The molecule has 8 heteroatoms. The van der Waals surface area contributed by atoms with Crippen LogP contribution < -0.4 is 10.9 Å². The van der Waals surface area contributed by atoms with E-state index in [4.69, 9.17) is 4.74 Å². The summed E-state index contributed by atoms with van der Waals surface area (Å²) in [7, 11) is 1.54. The van der Waals surface area contributed by atoms with Crippen molar-refractivity contribution < 1.29 is 17.9 Å². The fraction of sp³-hybridized carbons (Fsp3) is 0.600. The molecular weight excluding hydrogens is 251 g/mol. The predicted octanol–water partition coefficient (Wildman–Crippen LogP) is 0.611. The Hall–Kier alpha value is -1.41. The third kappa shape index (κ3) is 5.78. The lowest BCUT2D eigenvalue weighted by Crippen LogP contribution is -2.23. The smallest absolute Gasteiger partial charge is 0.383 e. The van der Waals surface area contributed by atoms with Crippen LogP contribution in [-0.2, 0) is 17.7 Å². The first kappa shape index (κ1) is 14.7. The zero-order chi connectivity index (χ0) is 13.6. The number of H-pyrrole nitrogens is 1. The Bertz CT molecular complexity index is 431. The summed E-state index contributed by atoms with van der Waals surface area (Å²) >= 11 is 0. The molecule has 102 valence electrons. The summed E-state index contributed by atoms with van der Waals surface area (Å²) in [6.45, 7) is 1.22. The summed E-state index contributed by atoms with van der Waals surface area (Å²) in [6.07, 6.45) is -5.63. The van der Waals surface area contributed by atoms with Gasteiger partial charge in [0.15, 0.2) is 0 Å². The molecule has 5 nitrogen and oxygen atoms in total. The van der Waals surface area contributed by atoms with Gasteiger partial charge in [-0.2, -0.15) is 13.2 Å². The summed E-state index contributed by atoms with van der Waals surface area (Å²) in [6, 6.07) is 1.17. The lowest BCUT2D eigenvalue weighted by molar-refractivity contribution is -0.128. The number of aromatic nitrogens is 2. The van der Waals surface area contributed by atoms with Crippen LogP contribution in [0.3, 0.4) is 0 Å². The summed E-state index contributed by atoms with van der Waals surface area (Å²) in [5.74, 6) is -0.376. The minimum absolute atomic E-state index is 0.220. The molecule has 0 saturated heterocycles. The van der Waals surface area contributed by atoms with Crippen molar-refractivity contribution in [3.8, 4) is 0 Å². The Balaban J connectivity index is 2.66. The number of aromatic amines is 1. The van der Waals surface area contributed by atoms with E-state index in [1.807, 2.05) is 0 Å². The average Bonchev–Trinajstić information content (AvgIpc) is 2.21. The van der Waals surface area contributed by atoms with Crippen LogP contribution >= 0.6 is 0 Å². The monoisotopic (exact) mass is 265 g/mol. The van der Waals surface area contributed by atoms with Gasteiger partial charge in [0.2, 0.25) is 0 Å². The molecule has 1 aromatic rings. The first-order valence-electron chi connectivity index (χ1n) is 5.26. The van der Waals surface area contributed by atoms with E-state index < -0.39 is 18.2 Å². The number of nitrogens with one attached hydrogen (secondary N) is 2. The maximum absolute atomic E-state index is 12.2. The number of alkyl halides is 3. The quantitative estimate of drug-likeness (QED) is 0.740. The Labute approximate surface area is 101 Å². The topological polar surface area (TPSA) is 67.0 Å². The molecular formula is C10H14F3N3O2. The van der Waals surface area contributed by atoms with Gasteiger partial charge in [-0.3, -0.25) is 4.79 Å². The summed E-state index contributed by atoms with van der Waals surface area (Å²) in [5.41, 5.74) is -0.318. The fourth-order valence-electron chi connectivity index (χ4n) is 1.32. The van der Waals surface area contributed by atoms with E-state index in [0.717, 1.165) is 0 Å². The van der Waals surface area contributed by atoms with Crippen LogP contribution in [0.2, 0.25) is 0 Å². The number of ether oxygens (including phenoxy) is 1. The van der Waals surface area contributed by atoms with Crippen LogP contribution in [0.15, 0.2) is 10.9 Å². The highest BCUT2D eigenvalue weighted by Crippen LogP contribution is 2.18. The van der Waals surface area contributed by atoms with Crippen molar-refractivity contribution in [1.29, 1.82) is 0 Å². The number of rotatable bonds is 6. The zero-order valence-corrected chi connectivity index (χ0v) is 9.80. The highest BCUT2D eigenvalue weighted by Gasteiger charge is 2.29. The molecule has 0 aliphatic rings. The van der Waals surface area contributed by atoms with Gasteiger partial charge in [0.25, 0.3) is 5.56 Å². The molecule has 0 radical (unpaired) electrons. The van der Waals surface area contributed by atoms with E-state index in [2.05, 4.69) is 15.3 Å². The Morgan fingerprint density at radius 2 is 2.22 bits per heavy atom. The molecule has 1 aromatic heterocycles. The van der Waals surface area contributed by atoms with E-state index in [9.17, 15) is 18.0 Å². The molecule has 0 atom stereocenters. The van der Waals surface area contributed by atoms with Crippen molar-refractivity contribution in [3.63, 3.8) is 0 Å². The number of hydrogen-bond acceptors (Lipinski definition) is 4. The second kappa shape index (κ2) is 6.50. The summed E-state index contributed by atoms with van der Waals surface area (Å²) < 4.78 is 41.3. The first-order chi connectivity index (χ1) is 8.40. The van der Waals surface area contributed by atoms with E-state index in [1.165, 1.54) is 13.2 Å². The molecule has 0 aromatic carbocycles. The van der Waals surface area contributed by atoms with Gasteiger partial charge in [-0.15, -0.1) is 0 Å². The van der Waals surface area contributed by atoms with Gasteiger partial charge in [-0.25, -0.2) is 4.98 Å². The van der Waals surface area contributed by atoms with Gasteiger partial charge >= 0.3 is 6.18 Å². The maximum Gasteiger partial charge on any atom is 0.396 e. The van der Waals surface area contributed by atoms with Crippen LogP contribution in [-0.4, -0.2) is 36.4 Å². The molecule has 0 spiro atoms. The minimum Gasteiger partial charge on any atom is -0.383 e. The first-order valence-corrected chi connectivity index (χ1v) is 5.26. The van der Waals surface area contributed by atoms with Crippen LogP contribution in [0.4, 0.5) is 13.2 Å². The van der Waals surface area contributed by atoms with Crippen LogP contribution in [0.5, 0.6) is 0 Å². The van der Waals surface area contributed by atoms with Crippen LogP contribution in [0.25, 0.3) is 0 Å². The van der Waals surface area contributed by atoms with Crippen molar-refractivity contribution in [1.82, 2.24) is 15.3 Å². The number of hydrogen-bond donors (Lipinski definition) is 2. The maximum atomic E-state index is 12.2. The van der Waals surface area contributed by atoms with E-state index in [-0.39, 0.29) is 18.1 Å². The third-order valence-electron chi connectivity index (χ3n) is 2.00. The van der Waals surface area contributed by atoms with Crippen molar-refractivity contribution in [2.75, 3.05) is 20.3 Å². The van der Waals surface area contributed by atoms with Crippen LogP contribution in [0.1, 0.15) is 11.5 Å². The molecule has 0 saturated carbocycles. The Morgan fingerprint density at radius 3 is 2.83 bits per heavy atom.